The van der Waals surface area contributed by atoms with Crippen LogP contribution in [0.4, 0.5) is 11.6 Å². The van der Waals surface area contributed by atoms with Crippen molar-refractivity contribution < 1.29 is 4.92 Å². The van der Waals surface area contributed by atoms with Gasteiger partial charge in [0.2, 0.25) is 5.82 Å². The molecule has 0 bridgehead atoms. The van der Waals surface area contributed by atoms with Crippen LogP contribution in [0.25, 0.3) is 4.96 Å². The maximum Gasteiger partial charge on any atom is 0.373 e. The first kappa shape index (κ1) is 13.3. The molecule has 9 heteroatoms. The molecule has 0 saturated carbocycles. The molecule has 0 radical (unpaired) electrons. The van der Waals surface area contributed by atoms with Crippen molar-refractivity contribution in [3.63, 3.8) is 0 Å². The van der Waals surface area contributed by atoms with Crippen LogP contribution in [0.15, 0.2) is 30.3 Å². The minimum atomic E-state index is -0.339. The summed E-state index contributed by atoms with van der Waals surface area (Å²) in [6, 6.07) is 0.206. The molecule has 0 amide bonds. The van der Waals surface area contributed by atoms with E-state index in [0.29, 0.717) is 10.8 Å². The highest BCUT2D eigenvalue weighted by molar-refractivity contribution is 7.15. The molecule has 1 unspecified atom stereocenters. The summed E-state index contributed by atoms with van der Waals surface area (Å²) in [7, 11) is 0. The summed E-state index contributed by atoms with van der Waals surface area (Å²) in [4.78, 5) is 22.4. The molecule has 3 aromatic rings. The van der Waals surface area contributed by atoms with Crippen molar-refractivity contribution in [3.8, 4) is 0 Å². The SMILES string of the molecule is O=[N+]([O-])c1c(N2CCCC2Cn2ccnc2)nc2sccn12. The number of anilines is 1. The summed E-state index contributed by atoms with van der Waals surface area (Å²) in [5.41, 5.74) is 0. The quantitative estimate of drug-likeness (QED) is 0.544. The zero-order valence-corrected chi connectivity index (χ0v) is 12.5. The first-order chi connectivity index (χ1) is 10.7. The number of nitro groups is 1. The fraction of sp³-hybridized carbons (Fsp3) is 0.385. The van der Waals surface area contributed by atoms with Crippen molar-refractivity contribution in [3.05, 3.63) is 40.4 Å². The van der Waals surface area contributed by atoms with Crippen molar-refractivity contribution in [1.82, 2.24) is 18.9 Å². The number of aromatic nitrogens is 4. The summed E-state index contributed by atoms with van der Waals surface area (Å²) < 4.78 is 3.57. The third kappa shape index (κ3) is 2.05. The van der Waals surface area contributed by atoms with Gasteiger partial charge in [0, 0.05) is 36.9 Å². The fourth-order valence-electron chi connectivity index (χ4n) is 3.07. The van der Waals surface area contributed by atoms with Crippen molar-refractivity contribution in [2.75, 3.05) is 11.4 Å². The molecule has 1 fully saturated rings. The van der Waals surface area contributed by atoms with Gasteiger partial charge in [-0.3, -0.25) is 0 Å². The average Bonchev–Trinajstić information content (AvgIpc) is 3.21. The van der Waals surface area contributed by atoms with E-state index in [1.165, 1.54) is 11.3 Å². The van der Waals surface area contributed by atoms with Crippen LogP contribution in [0.3, 0.4) is 0 Å². The molecular formula is C13H14N6O2S. The van der Waals surface area contributed by atoms with Gasteiger partial charge < -0.3 is 19.6 Å². The predicted octanol–water partition coefficient (Wildman–Crippen LogP) is 2.17. The average molecular weight is 318 g/mol. The van der Waals surface area contributed by atoms with Gasteiger partial charge in [-0.1, -0.05) is 11.3 Å². The second-order valence-corrected chi connectivity index (χ2v) is 6.19. The van der Waals surface area contributed by atoms with Gasteiger partial charge >= 0.3 is 5.82 Å². The molecule has 3 aromatic heterocycles. The lowest BCUT2D eigenvalue weighted by atomic mass is 10.2. The standard InChI is InChI=1S/C13H14N6O2S/c20-19(21)12-11(15-13-18(12)6-7-22-13)17-4-1-2-10(17)8-16-5-3-14-9-16/h3,5-7,9-10H,1-2,4,8H2. The Kier molecular flexibility index (Phi) is 3.07. The Hall–Kier alpha value is -2.42. The van der Waals surface area contributed by atoms with E-state index in [1.54, 1.807) is 23.1 Å². The van der Waals surface area contributed by atoms with Gasteiger partial charge in [-0.2, -0.15) is 9.38 Å². The first-order valence-corrected chi connectivity index (χ1v) is 7.94. The highest BCUT2D eigenvalue weighted by Crippen LogP contribution is 2.35. The molecule has 1 atom stereocenters. The molecule has 0 aromatic carbocycles. The largest absolute Gasteiger partial charge is 0.373 e. The molecule has 22 heavy (non-hydrogen) atoms. The summed E-state index contributed by atoms with van der Waals surface area (Å²) in [6.45, 7) is 1.56. The van der Waals surface area contributed by atoms with Gasteiger partial charge in [0.15, 0.2) is 0 Å². The molecule has 0 spiro atoms. The number of nitrogens with zero attached hydrogens (tertiary/aromatic N) is 6. The Labute approximate surface area is 129 Å². The van der Waals surface area contributed by atoms with Gasteiger partial charge in [-0.25, -0.2) is 4.98 Å². The first-order valence-electron chi connectivity index (χ1n) is 7.06. The predicted molar refractivity (Wildman–Crippen MR) is 82.3 cm³/mol. The molecule has 4 heterocycles. The molecule has 1 saturated heterocycles. The molecular weight excluding hydrogens is 304 g/mol. The number of imidazole rings is 2. The molecule has 0 N–H and O–H groups in total. The van der Waals surface area contributed by atoms with Gasteiger partial charge in [-0.15, -0.1) is 0 Å². The smallest absolute Gasteiger partial charge is 0.358 e. The van der Waals surface area contributed by atoms with Crippen LogP contribution in [0.2, 0.25) is 0 Å². The van der Waals surface area contributed by atoms with Gasteiger partial charge in [-0.05, 0) is 17.8 Å². The monoisotopic (exact) mass is 318 g/mol. The van der Waals surface area contributed by atoms with Crippen molar-refractivity contribution in [2.24, 2.45) is 0 Å². The fourth-order valence-corrected chi connectivity index (χ4v) is 3.77. The molecule has 0 aliphatic carbocycles. The van der Waals surface area contributed by atoms with Crippen LogP contribution in [-0.2, 0) is 6.54 Å². The zero-order chi connectivity index (χ0) is 15.1. The van der Waals surface area contributed by atoms with E-state index < -0.39 is 0 Å². The van der Waals surface area contributed by atoms with Crippen molar-refractivity contribution in [2.45, 2.75) is 25.4 Å². The molecule has 1 aliphatic heterocycles. The van der Waals surface area contributed by atoms with Crippen molar-refractivity contribution >= 4 is 27.9 Å². The summed E-state index contributed by atoms with van der Waals surface area (Å²) >= 11 is 1.41. The minimum absolute atomic E-state index is 0.0637. The Morgan fingerprint density at radius 1 is 1.45 bits per heavy atom. The van der Waals surface area contributed by atoms with Gasteiger partial charge in [0.1, 0.15) is 6.20 Å². The number of hydrogen-bond acceptors (Lipinski definition) is 6. The van der Waals surface area contributed by atoms with E-state index in [0.717, 1.165) is 25.9 Å². The Balaban J connectivity index is 1.72. The highest BCUT2D eigenvalue weighted by atomic mass is 32.1. The van der Waals surface area contributed by atoms with Crippen LogP contribution in [0.5, 0.6) is 0 Å². The van der Waals surface area contributed by atoms with E-state index >= 15 is 0 Å². The molecule has 1 aliphatic rings. The molecule has 4 rings (SSSR count). The van der Waals surface area contributed by atoms with E-state index in [1.807, 2.05) is 16.1 Å². The summed E-state index contributed by atoms with van der Waals surface area (Å²) in [6.07, 6.45) is 9.15. The number of fused-ring (bicyclic) bond motifs is 1. The van der Waals surface area contributed by atoms with Crippen LogP contribution in [0.1, 0.15) is 12.8 Å². The van der Waals surface area contributed by atoms with E-state index in [2.05, 4.69) is 14.9 Å². The van der Waals surface area contributed by atoms with Crippen LogP contribution >= 0.6 is 11.3 Å². The second kappa shape index (κ2) is 5.09. The van der Waals surface area contributed by atoms with Gasteiger partial charge in [0.05, 0.1) is 6.33 Å². The van der Waals surface area contributed by atoms with E-state index in [9.17, 15) is 10.1 Å². The van der Waals surface area contributed by atoms with Crippen LogP contribution < -0.4 is 4.90 Å². The highest BCUT2D eigenvalue weighted by Gasteiger charge is 2.34. The van der Waals surface area contributed by atoms with Crippen molar-refractivity contribution in [1.29, 1.82) is 0 Å². The lowest BCUT2D eigenvalue weighted by Crippen LogP contribution is -2.33. The third-order valence-electron chi connectivity index (χ3n) is 4.02. The van der Waals surface area contributed by atoms with Crippen LogP contribution in [0, 0.1) is 10.1 Å². The zero-order valence-electron chi connectivity index (χ0n) is 11.7. The van der Waals surface area contributed by atoms with E-state index in [-0.39, 0.29) is 16.8 Å². The lowest BCUT2D eigenvalue weighted by Gasteiger charge is -2.24. The Morgan fingerprint density at radius 2 is 2.36 bits per heavy atom. The summed E-state index contributed by atoms with van der Waals surface area (Å²) in [5.74, 6) is 0.549. The second-order valence-electron chi connectivity index (χ2n) is 5.32. The molecule has 8 nitrogen and oxygen atoms in total. The normalized spacial score (nSPS) is 18.4. The lowest BCUT2D eigenvalue weighted by molar-refractivity contribution is -0.389. The minimum Gasteiger partial charge on any atom is -0.358 e. The topological polar surface area (TPSA) is 81.5 Å². The number of thiazole rings is 1. The number of hydrogen-bond donors (Lipinski definition) is 0. The number of rotatable bonds is 4. The Bertz CT molecular complexity index is 808. The van der Waals surface area contributed by atoms with Gasteiger partial charge in [0.25, 0.3) is 4.96 Å². The maximum atomic E-state index is 11.5. The maximum absolute atomic E-state index is 11.5. The summed E-state index contributed by atoms with van der Waals surface area (Å²) in [5, 5.41) is 13.3. The third-order valence-corrected chi connectivity index (χ3v) is 4.78. The van der Waals surface area contributed by atoms with E-state index in [4.69, 9.17) is 0 Å². The Morgan fingerprint density at radius 3 is 3.14 bits per heavy atom. The molecule has 114 valence electrons. The van der Waals surface area contributed by atoms with Crippen LogP contribution in [-0.4, -0.2) is 36.4 Å².